The van der Waals surface area contributed by atoms with Crippen molar-refractivity contribution < 1.29 is 27.1 Å². The van der Waals surface area contributed by atoms with Crippen molar-refractivity contribution >= 4 is 37.5 Å². The monoisotopic (exact) mass is 472 g/mol. The summed E-state index contributed by atoms with van der Waals surface area (Å²) in [7, 11) is -2.48. The van der Waals surface area contributed by atoms with Crippen LogP contribution in [0.3, 0.4) is 0 Å². The predicted molar refractivity (Wildman–Crippen MR) is 105 cm³/mol. The second-order valence-corrected chi connectivity index (χ2v) is 8.78. The minimum absolute atomic E-state index is 0.0792. The van der Waals surface area contributed by atoms with Crippen LogP contribution in [0, 0.1) is 5.82 Å². The van der Waals surface area contributed by atoms with Gasteiger partial charge in [0.1, 0.15) is 16.5 Å². The number of nitrogens with one attached hydrogen (secondary N) is 1. The van der Waals surface area contributed by atoms with Crippen LogP contribution in [-0.4, -0.2) is 52.0 Å². The summed E-state index contributed by atoms with van der Waals surface area (Å²) in [5.41, 5.74) is 0.0415. The number of carbonyl (C=O) groups is 1. The van der Waals surface area contributed by atoms with Crippen LogP contribution in [0.5, 0.6) is 5.75 Å². The number of halogens is 2. The maximum absolute atomic E-state index is 13.9. The molecule has 1 aliphatic heterocycles. The first-order valence-electron chi connectivity index (χ1n) is 8.35. The van der Waals surface area contributed by atoms with Crippen molar-refractivity contribution in [2.75, 3.05) is 38.7 Å². The molecule has 1 N–H and O–H groups in total. The number of anilines is 1. The molecule has 7 nitrogen and oxygen atoms in total. The van der Waals surface area contributed by atoms with Gasteiger partial charge in [0.05, 0.1) is 25.9 Å². The third kappa shape index (κ3) is 4.35. The first-order chi connectivity index (χ1) is 13.3. The standard InChI is InChI=1S/C18H18BrFN2O5S/c1-26-16-5-3-13(21-18(23)14-10-12(19)2-4-15(14)20)11-17(16)28(24,25)22-6-8-27-9-7-22/h2-5,10-11H,6-9H2,1H3,(H,21,23). The Hall–Kier alpha value is -2.01. The molecule has 0 atom stereocenters. The molecule has 10 heteroatoms. The van der Waals surface area contributed by atoms with Crippen molar-refractivity contribution in [3.63, 3.8) is 0 Å². The molecule has 0 bridgehead atoms. The number of carbonyl (C=O) groups excluding carboxylic acids is 1. The minimum Gasteiger partial charge on any atom is -0.495 e. The molecule has 1 aliphatic rings. The van der Waals surface area contributed by atoms with Gasteiger partial charge in [-0.3, -0.25) is 4.79 Å². The molecule has 1 fully saturated rings. The van der Waals surface area contributed by atoms with Crippen LogP contribution in [0.15, 0.2) is 45.8 Å². The Kier molecular flexibility index (Phi) is 6.33. The Morgan fingerprint density at radius 2 is 1.93 bits per heavy atom. The summed E-state index contributed by atoms with van der Waals surface area (Å²) >= 11 is 3.19. The average molecular weight is 473 g/mol. The summed E-state index contributed by atoms with van der Waals surface area (Å²) in [6.45, 7) is 1.07. The highest BCUT2D eigenvalue weighted by Gasteiger charge is 2.29. The molecular formula is C18H18BrFN2O5S. The molecule has 0 aromatic heterocycles. The van der Waals surface area contributed by atoms with Crippen LogP contribution in [0.4, 0.5) is 10.1 Å². The summed E-state index contributed by atoms with van der Waals surface area (Å²) in [5, 5.41) is 2.53. The van der Waals surface area contributed by atoms with E-state index in [1.165, 1.54) is 47.8 Å². The van der Waals surface area contributed by atoms with E-state index in [4.69, 9.17) is 9.47 Å². The van der Waals surface area contributed by atoms with E-state index in [1.54, 1.807) is 0 Å². The molecule has 0 radical (unpaired) electrons. The van der Waals surface area contributed by atoms with Gasteiger partial charge in [-0.1, -0.05) is 15.9 Å². The molecular weight excluding hydrogens is 455 g/mol. The summed E-state index contributed by atoms with van der Waals surface area (Å²) in [5.74, 6) is -1.23. The lowest BCUT2D eigenvalue weighted by molar-refractivity contribution is 0.0729. The fourth-order valence-corrected chi connectivity index (χ4v) is 4.70. The Bertz CT molecular complexity index is 993. The molecule has 0 unspecified atom stereocenters. The summed E-state index contributed by atoms with van der Waals surface area (Å²) < 4.78 is 52.1. The molecule has 28 heavy (non-hydrogen) atoms. The van der Waals surface area contributed by atoms with E-state index in [-0.39, 0.29) is 35.0 Å². The molecule has 2 aromatic carbocycles. The van der Waals surface area contributed by atoms with E-state index in [9.17, 15) is 17.6 Å². The van der Waals surface area contributed by atoms with Gasteiger partial charge in [-0.2, -0.15) is 4.31 Å². The lowest BCUT2D eigenvalue weighted by Crippen LogP contribution is -2.40. The molecule has 1 saturated heterocycles. The molecule has 1 heterocycles. The first-order valence-corrected chi connectivity index (χ1v) is 10.6. The molecule has 0 aliphatic carbocycles. The van der Waals surface area contributed by atoms with Crippen molar-refractivity contribution in [3.05, 3.63) is 52.3 Å². The number of amides is 1. The third-order valence-electron chi connectivity index (χ3n) is 4.18. The highest BCUT2D eigenvalue weighted by Crippen LogP contribution is 2.30. The smallest absolute Gasteiger partial charge is 0.258 e. The van der Waals surface area contributed by atoms with Gasteiger partial charge in [0.25, 0.3) is 5.91 Å². The quantitative estimate of drug-likeness (QED) is 0.722. The van der Waals surface area contributed by atoms with E-state index in [1.807, 2.05) is 0 Å². The maximum Gasteiger partial charge on any atom is 0.258 e. The number of rotatable bonds is 5. The third-order valence-corrected chi connectivity index (χ3v) is 6.60. The Balaban J connectivity index is 1.92. The van der Waals surface area contributed by atoms with Gasteiger partial charge in [-0.15, -0.1) is 0 Å². The van der Waals surface area contributed by atoms with Gasteiger partial charge < -0.3 is 14.8 Å². The lowest BCUT2D eigenvalue weighted by atomic mass is 10.2. The van der Waals surface area contributed by atoms with E-state index in [2.05, 4.69) is 21.2 Å². The summed E-state index contributed by atoms with van der Waals surface area (Å²) in [4.78, 5) is 12.3. The van der Waals surface area contributed by atoms with Crippen molar-refractivity contribution in [2.45, 2.75) is 4.90 Å². The number of morpholine rings is 1. The van der Waals surface area contributed by atoms with Crippen molar-refractivity contribution in [1.82, 2.24) is 4.31 Å². The highest BCUT2D eigenvalue weighted by molar-refractivity contribution is 9.10. The van der Waals surface area contributed by atoms with E-state index in [0.717, 1.165) is 0 Å². The Morgan fingerprint density at radius 3 is 2.61 bits per heavy atom. The zero-order valence-electron chi connectivity index (χ0n) is 14.9. The zero-order chi connectivity index (χ0) is 20.3. The van der Waals surface area contributed by atoms with Crippen molar-refractivity contribution in [3.8, 4) is 5.75 Å². The fraction of sp³-hybridized carbons (Fsp3) is 0.278. The number of nitrogens with zero attached hydrogens (tertiary/aromatic N) is 1. The van der Waals surface area contributed by atoms with Gasteiger partial charge in [-0.25, -0.2) is 12.8 Å². The topological polar surface area (TPSA) is 84.9 Å². The summed E-state index contributed by atoms with van der Waals surface area (Å²) in [6.07, 6.45) is 0. The molecule has 2 aromatic rings. The molecule has 0 saturated carbocycles. The van der Waals surface area contributed by atoms with Gasteiger partial charge >= 0.3 is 0 Å². The van der Waals surface area contributed by atoms with Gasteiger partial charge in [-0.05, 0) is 36.4 Å². The molecule has 1 amide bonds. The normalized spacial score (nSPS) is 15.2. The number of benzene rings is 2. The number of sulfonamides is 1. The fourth-order valence-electron chi connectivity index (χ4n) is 2.75. The van der Waals surface area contributed by atoms with E-state index < -0.39 is 21.7 Å². The number of hydrogen-bond acceptors (Lipinski definition) is 5. The Labute approximate surface area is 170 Å². The Morgan fingerprint density at radius 1 is 1.21 bits per heavy atom. The maximum atomic E-state index is 13.9. The predicted octanol–water partition coefficient (Wildman–Crippen LogP) is 2.87. The zero-order valence-corrected chi connectivity index (χ0v) is 17.3. The van der Waals surface area contributed by atoms with Crippen LogP contribution >= 0.6 is 15.9 Å². The van der Waals surface area contributed by atoms with Gasteiger partial charge in [0, 0.05) is 23.2 Å². The van der Waals surface area contributed by atoms with E-state index >= 15 is 0 Å². The van der Waals surface area contributed by atoms with Gasteiger partial charge in [0.2, 0.25) is 10.0 Å². The van der Waals surface area contributed by atoms with Crippen LogP contribution in [0.1, 0.15) is 10.4 Å². The SMILES string of the molecule is COc1ccc(NC(=O)c2cc(Br)ccc2F)cc1S(=O)(=O)N1CCOCC1. The highest BCUT2D eigenvalue weighted by atomic mass is 79.9. The minimum atomic E-state index is -3.85. The average Bonchev–Trinajstić information content (AvgIpc) is 2.70. The lowest BCUT2D eigenvalue weighted by Gasteiger charge is -2.26. The summed E-state index contributed by atoms with van der Waals surface area (Å²) in [6, 6.07) is 8.23. The van der Waals surface area contributed by atoms with Crippen LogP contribution < -0.4 is 10.1 Å². The number of ether oxygens (including phenoxy) is 2. The van der Waals surface area contributed by atoms with Crippen molar-refractivity contribution in [1.29, 1.82) is 0 Å². The second kappa shape index (κ2) is 8.56. The van der Waals surface area contributed by atoms with Crippen LogP contribution in [-0.2, 0) is 14.8 Å². The van der Waals surface area contributed by atoms with Crippen LogP contribution in [0.25, 0.3) is 0 Å². The van der Waals surface area contributed by atoms with E-state index in [0.29, 0.717) is 17.7 Å². The molecule has 0 spiro atoms. The van der Waals surface area contributed by atoms with Gasteiger partial charge in [0.15, 0.2) is 0 Å². The number of hydrogen-bond donors (Lipinski definition) is 1. The molecule has 3 rings (SSSR count). The van der Waals surface area contributed by atoms with Crippen LogP contribution in [0.2, 0.25) is 0 Å². The number of methoxy groups -OCH3 is 1. The molecule has 150 valence electrons. The van der Waals surface area contributed by atoms with Crippen molar-refractivity contribution in [2.24, 2.45) is 0 Å². The largest absolute Gasteiger partial charge is 0.495 e. The second-order valence-electron chi connectivity index (χ2n) is 5.96. The first kappa shape index (κ1) is 20.7.